The Labute approximate surface area is 184 Å². The fraction of sp³-hybridized carbons (Fsp3) is 0.217. The second-order valence-electron chi connectivity index (χ2n) is 7.06. The van der Waals surface area contributed by atoms with Crippen LogP contribution >= 0.6 is 23.4 Å². The van der Waals surface area contributed by atoms with Gasteiger partial charge in [-0.05, 0) is 41.9 Å². The van der Waals surface area contributed by atoms with Gasteiger partial charge in [-0.1, -0.05) is 48.0 Å². The average Bonchev–Trinajstić information content (AvgIpc) is 2.75. The van der Waals surface area contributed by atoms with E-state index < -0.39 is 0 Å². The van der Waals surface area contributed by atoms with Crippen LogP contribution in [0.3, 0.4) is 0 Å². The first-order valence-corrected chi connectivity index (χ1v) is 11.0. The number of benzene rings is 2. The topological polar surface area (TPSA) is 78.7 Å². The largest absolute Gasteiger partial charge is 0.274 e. The number of aryl methyl sites for hydroxylation is 1. The SMILES string of the molecule is N#CNC(=O)Cc1ccc(Cc2nc(-c3cccc(Cl)c3)nc3c2SCCC3)cc1. The predicted octanol–water partition coefficient (Wildman–Crippen LogP) is 4.57. The Kier molecular flexibility index (Phi) is 6.32. The van der Waals surface area contributed by atoms with Crippen LogP contribution in [0.15, 0.2) is 53.4 Å². The summed E-state index contributed by atoms with van der Waals surface area (Å²) in [5.41, 5.74) is 5.03. The fourth-order valence-electron chi connectivity index (χ4n) is 3.44. The van der Waals surface area contributed by atoms with Crippen LogP contribution in [0.5, 0.6) is 0 Å². The number of hydrogen-bond acceptors (Lipinski definition) is 5. The van der Waals surface area contributed by atoms with Gasteiger partial charge in [-0.3, -0.25) is 10.1 Å². The molecule has 3 aromatic rings. The van der Waals surface area contributed by atoms with Crippen molar-refractivity contribution in [3.8, 4) is 17.6 Å². The second-order valence-corrected chi connectivity index (χ2v) is 8.60. The molecule has 0 bridgehead atoms. The van der Waals surface area contributed by atoms with Crippen LogP contribution in [0.1, 0.15) is 28.9 Å². The molecule has 4 rings (SSSR count). The van der Waals surface area contributed by atoms with Crippen molar-refractivity contribution in [2.45, 2.75) is 30.6 Å². The number of aromatic nitrogens is 2. The minimum atomic E-state index is -0.308. The van der Waals surface area contributed by atoms with Gasteiger partial charge in [0.2, 0.25) is 5.91 Å². The van der Waals surface area contributed by atoms with E-state index in [-0.39, 0.29) is 12.3 Å². The average molecular weight is 435 g/mol. The molecule has 0 unspecified atom stereocenters. The van der Waals surface area contributed by atoms with Gasteiger partial charge < -0.3 is 0 Å². The summed E-state index contributed by atoms with van der Waals surface area (Å²) in [6.45, 7) is 0. The van der Waals surface area contributed by atoms with Crippen molar-refractivity contribution < 1.29 is 4.79 Å². The van der Waals surface area contributed by atoms with Crippen molar-refractivity contribution in [2.24, 2.45) is 0 Å². The van der Waals surface area contributed by atoms with E-state index in [0.717, 1.165) is 46.7 Å². The zero-order valence-corrected chi connectivity index (χ0v) is 17.8. The van der Waals surface area contributed by atoms with Crippen LogP contribution in [0.4, 0.5) is 0 Å². The number of hydrogen-bond donors (Lipinski definition) is 1. The summed E-state index contributed by atoms with van der Waals surface area (Å²) >= 11 is 8.00. The van der Waals surface area contributed by atoms with E-state index in [9.17, 15) is 4.79 Å². The molecule has 5 nitrogen and oxygen atoms in total. The first kappa shape index (κ1) is 20.4. The summed E-state index contributed by atoms with van der Waals surface area (Å²) in [5.74, 6) is 1.48. The molecule has 1 aliphatic heterocycles. The molecule has 2 aromatic carbocycles. The lowest BCUT2D eigenvalue weighted by Crippen LogP contribution is -2.19. The zero-order chi connectivity index (χ0) is 20.9. The number of thioether (sulfide) groups is 1. The van der Waals surface area contributed by atoms with Gasteiger partial charge in [0.15, 0.2) is 12.0 Å². The molecule has 7 heteroatoms. The quantitative estimate of drug-likeness (QED) is 0.470. The highest BCUT2D eigenvalue weighted by molar-refractivity contribution is 7.99. The van der Waals surface area contributed by atoms with E-state index in [0.29, 0.717) is 17.3 Å². The number of nitriles is 1. The summed E-state index contributed by atoms with van der Waals surface area (Å²) in [6, 6.07) is 15.5. The van der Waals surface area contributed by atoms with E-state index in [4.69, 9.17) is 26.8 Å². The van der Waals surface area contributed by atoms with E-state index in [2.05, 4.69) is 5.32 Å². The van der Waals surface area contributed by atoms with Gasteiger partial charge in [0.1, 0.15) is 0 Å². The molecular formula is C23H19ClN4OS. The Morgan fingerprint density at radius 2 is 1.97 bits per heavy atom. The third kappa shape index (κ3) is 4.81. The summed E-state index contributed by atoms with van der Waals surface area (Å²) in [7, 11) is 0. The van der Waals surface area contributed by atoms with Gasteiger partial charge in [0.05, 0.1) is 22.7 Å². The van der Waals surface area contributed by atoms with Crippen molar-refractivity contribution in [3.63, 3.8) is 0 Å². The Balaban J connectivity index is 1.62. The van der Waals surface area contributed by atoms with Crippen LogP contribution in [-0.2, 0) is 24.1 Å². The first-order valence-electron chi connectivity index (χ1n) is 9.66. The summed E-state index contributed by atoms with van der Waals surface area (Å²) in [5, 5.41) is 11.3. The maximum atomic E-state index is 11.6. The maximum Gasteiger partial charge on any atom is 0.237 e. The van der Waals surface area contributed by atoms with Gasteiger partial charge in [-0.25, -0.2) is 9.97 Å². The summed E-state index contributed by atoms with van der Waals surface area (Å²) < 4.78 is 0. The molecule has 0 atom stereocenters. The molecule has 0 radical (unpaired) electrons. The molecule has 1 N–H and O–H groups in total. The summed E-state index contributed by atoms with van der Waals surface area (Å²) in [4.78, 5) is 22.5. The number of amides is 1. The van der Waals surface area contributed by atoms with Crippen molar-refractivity contribution in [1.82, 2.24) is 15.3 Å². The molecule has 0 spiro atoms. The van der Waals surface area contributed by atoms with Crippen LogP contribution in [0.2, 0.25) is 5.02 Å². The Morgan fingerprint density at radius 1 is 1.17 bits per heavy atom. The molecule has 30 heavy (non-hydrogen) atoms. The molecule has 0 aliphatic carbocycles. The third-order valence-electron chi connectivity index (χ3n) is 4.85. The maximum absolute atomic E-state index is 11.6. The molecule has 150 valence electrons. The lowest BCUT2D eigenvalue weighted by Gasteiger charge is -2.19. The molecule has 1 aromatic heterocycles. The number of carbonyl (C=O) groups excluding carboxylic acids is 1. The highest BCUT2D eigenvalue weighted by Crippen LogP contribution is 2.34. The highest BCUT2D eigenvalue weighted by Gasteiger charge is 2.19. The minimum Gasteiger partial charge on any atom is -0.274 e. The van der Waals surface area contributed by atoms with Crippen LogP contribution in [0.25, 0.3) is 11.4 Å². The monoisotopic (exact) mass is 434 g/mol. The van der Waals surface area contributed by atoms with Gasteiger partial charge >= 0.3 is 0 Å². The highest BCUT2D eigenvalue weighted by atomic mass is 35.5. The third-order valence-corrected chi connectivity index (χ3v) is 6.34. The molecule has 0 saturated heterocycles. The van der Waals surface area contributed by atoms with E-state index >= 15 is 0 Å². The standard InChI is InChI=1S/C23H19ClN4OS/c24-18-4-1-3-17(13-18)23-27-19-5-2-10-30-22(19)20(28-23)11-15-6-8-16(9-7-15)12-21(29)26-14-25/h1,3-4,6-9,13H,2,5,10-12H2,(H,26,29). The normalized spacial score (nSPS) is 12.7. The number of halogens is 1. The van der Waals surface area contributed by atoms with Crippen LogP contribution < -0.4 is 5.32 Å². The molecule has 2 heterocycles. The number of rotatable bonds is 5. The zero-order valence-electron chi connectivity index (χ0n) is 16.2. The molecule has 0 saturated carbocycles. The number of nitrogens with one attached hydrogen (secondary N) is 1. The Hall–Kier alpha value is -2.88. The predicted molar refractivity (Wildman–Crippen MR) is 118 cm³/mol. The van der Waals surface area contributed by atoms with Crippen LogP contribution in [0, 0.1) is 11.5 Å². The fourth-order valence-corrected chi connectivity index (χ4v) is 4.72. The molecule has 1 aliphatic rings. The molecule has 0 fully saturated rings. The Bertz CT molecular complexity index is 1130. The van der Waals surface area contributed by atoms with Crippen LogP contribution in [-0.4, -0.2) is 21.6 Å². The minimum absolute atomic E-state index is 0.186. The lowest BCUT2D eigenvalue weighted by atomic mass is 10.0. The summed E-state index contributed by atoms with van der Waals surface area (Å²) in [6.07, 6.45) is 4.61. The molecule has 1 amide bonds. The van der Waals surface area contributed by atoms with Crippen molar-refractivity contribution in [1.29, 1.82) is 5.26 Å². The van der Waals surface area contributed by atoms with Gasteiger partial charge in [-0.2, -0.15) is 5.26 Å². The lowest BCUT2D eigenvalue weighted by molar-refractivity contribution is -0.119. The van der Waals surface area contributed by atoms with E-state index in [1.807, 2.05) is 60.3 Å². The van der Waals surface area contributed by atoms with Crippen molar-refractivity contribution in [2.75, 3.05) is 5.75 Å². The number of carbonyl (C=O) groups is 1. The number of nitrogens with zero attached hydrogens (tertiary/aromatic N) is 3. The van der Waals surface area contributed by atoms with Crippen molar-refractivity contribution >= 4 is 29.3 Å². The van der Waals surface area contributed by atoms with E-state index in [1.165, 1.54) is 4.90 Å². The number of fused-ring (bicyclic) bond motifs is 1. The first-order chi connectivity index (χ1) is 14.6. The van der Waals surface area contributed by atoms with Gasteiger partial charge in [-0.15, -0.1) is 11.8 Å². The second kappa shape index (κ2) is 9.29. The van der Waals surface area contributed by atoms with Gasteiger partial charge in [0.25, 0.3) is 0 Å². The van der Waals surface area contributed by atoms with Crippen molar-refractivity contribution in [3.05, 3.63) is 76.1 Å². The van der Waals surface area contributed by atoms with Gasteiger partial charge in [0, 0.05) is 17.0 Å². The smallest absolute Gasteiger partial charge is 0.237 e. The van der Waals surface area contributed by atoms with E-state index in [1.54, 1.807) is 6.19 Å². The Morgan fingerprint density at radius 3 is 2.73 bits per heavy atom. The molecular weight excluding hydrogens is 416 g/mol.